The van der Waals surface area contributed by atoms with Crippen molar-refractivity contribution in [3.8, 4) is 0 Å². The van der Waals surface area contributed by atoms with Crippen LogP contribution in [0.2, 0.25) is 0 Å². The molecule has 194 valence electrons. The van der Waals surface area contributed by atoms with Crippen LogP contribution in [-0.2, 0) is 30.4 Å². The summed E-state index contributed by atoms with van der Waals surface area (Å²) in [6, 6.07) is 3.26. The first-order chi connectivity index (χ1) is 16.4. The topological polar surface area (TPSA) is 214 Å². The van der Waals surface area contributed by atoms with E-state index < -0.39 is 66.3 Å². The van der Waals surface area contributed by atoms with E-state index in [9.17, 15) is 34.2 Å². The van der Waals surface area contributed by atoms with Crippen LogP contribution < -0.4 is 27.4 Å². The van der Waals surface area contributed by atoms with Gasteiger partial charge in [-0.2, -0.15) is 0 Å². The van der Waals surface area contributed by atoms with Crippen LogP contribution >= 0.6 is 0 Å². The van der Waals surface area contributed by atoms with Crippen LogP contribution in [0.3, 0.4) is 0 Å². The molecule has 12 heteroatoms. The first-order valence-electron chi connectivity index (χ1n) is 11.3. The van der Waals surface area contributed by atoms with Crippen LogP contribution in [0.1, 0.15) is 39.2 Å². The summed E-state index contributed by atoms with van der Waals surface area (Å²) in [6.45, 7) is 4.80. The van der Waals surface area contributed by atoms with Gasteiger partial charge in [0.2, 0.25) is 23.6 Å². The number of hydrogen-bond donors (Lipinski definition) is 7. The van der Waals surface area contributed by atoms with Gasteiger partial charge in [-0.25, -0.2) is 4.79 Å². The van der Waals surface area contributed by atoms with Gasteiger partial charge in [-0.15, -0.1) is 0 Å². The highest BCUT2D eigenvalue weighted by molar-refractivity contribution is 5.96. The third-order valence-corrected chi connectivity index (χ3v) is 5.56. The average molecular weight is 494 g/mol. The van der Waals surface area contributed by atoms with E-state index in [0.717, 1.165) is 0 Å². The standard InChI is InChI=1S/C23H35N5O7/c1-4-12(2)18(25)21(32)26-15(11-17(24)30)20(31)28-19(13(3)29)22(33)27-16(23(34)35)10-14-8-6-5-7-9-14/h5-9,12-13,15-16,18-19,29H,4,10-11,25H2,1-3H3,(H2,24,30)(H,26,32)(H,27,33)(H,28,31)(H,34,35). The SMILES string of the molecule is CCC(C)C(N)C(=O)NC(CC(N)=O)C(=O)NC(C(=O)NC(Cc1ccccc1)C(=O)O)C(C)O. The molecule has 0 spiro atoms. The van der Waals surface area contributed by atoms with Gasteiger partial charge < -0.3 is 37.6 Å². The van der Waals surface area contributed by atoms with E-state index in [0.29, 0.717) is 12.0 Å². The molecule has 1 rings (SSSR count). The Balaban J connectivity index is 2.98. The lowest BCUT2D eigenvalue weighted by Crippen LogP contribution is -2.60. The number of rotatable bonds is 14. The molecule has 0 bridgehead atoms. The number of amides is 4. The Bertz CT molecular complexity index is 894. The number of aliphatic carboxylic acids is 1. The zero-order valence-electron chi connectivity index (χ0n) is 20.1. The van der Waals surface area contributed by atoms with Crippen LogP contribution in [0, 0.1) is 5.92 Å². The van der Waals surface area contributed by atoms with E-state index in [1.165, 1.54) is 6.92 Å². The van der Waals surface area contributed by atoms with Crippen molar-refractivity contribution in [2.24, 2.45) is 17.4 Å². The van der Waals surface area contributed by atoms with Gasteiger partial charge in [0.15, 0.2) is 0 Å². The second-order valence-electron chi connectivity index (χ2n) is 8.46. The van der Waals surface area contributed by atoms with E-state index >= 15 is 0 Å². The molecule has 4 amide bonds. The van der Waals surface area contributed by atoms with Crippen molar-refractivity contribution in [2.45, 2.75) is 70.3 Å². The van der Waals surface area contributed by atoms with E-state index in [2.05, 4.69) is 16.0 Å². The van der Waals surface area contributed by atoms with Crippen LogP contribution in [-0.4, -0.2) is 70.1 Å². The lowest BCUT2D eigenvalue weighted by Gasteiger charge is -2.26. The second-order valence-corrected chi connectivity index (χ2v) is 8.46. The number of carboxylic acid groups (broad SMARTS) is 1. The number of benzene rings is 1. The molecule has 0 radical (unpaired) electrons. The molecule has 0 saturated carbocycles. The number of aliphatic hydroxyl groups is 1. The minimum Gasteiger partial charge on any atom is -0.480 e. The zero-order chi connectivity index (χ0) is 26.7. The monoisotopic (exact) mass is 493 g/mol. The number of hydrogen-bond acceptors (Lipinski definition) is 7. The Morgan fingerprint density at radius 2 is 1.49 bits per heavy atom. The number of nitrogens with two attached hydrogens (primary N) is 2. The minimum atomic E-state index is -1.57. The molecule has 0 heterocycles. The fraction of sp³-hybridized carbons (Fsp3) is 0.522. The number of carbonyl (C=O) groups is 5. The molecule has 6 atom stereocenters. The molecule has 1 aromatic rings. The van der Waals surface area contributed by atoms with E-state index in [1.54, 1.807) is 37.3 Å². The number of carboxylic acids is 1. The molecule has 0 aliphatic heterocycles. The summed E-state index contributed by atoms with van der Waals surface area (Å²) in [6.07, 6.45) is -1.45. The van der Waals surface area contributed by atoms with Gasteiger partial charge >= 0.3 is 5.97 Å². The predicted molar refractivity (Wildman–Crippen MR) is 126 cm³/mol. The average Bonchev–Trinajstić information content (AvgIpc) is 2.80. The van der Waals surface area contributed by atoms with Gasteiger partial charge in [0.1, 0.15) is 18.1 Å². The zero-order valence-corrected chi connectivity index (χ0v) is 20.1. The van der Waals surface area contributed by atoms with Gasteiger partial charge in [0, 0.05) is 6.42 Å². The Labute approximate surface area is 203 Å². The van der Waals surface area contributed by atoms with Crippen LogP contribution in [0.4, 0.5) is 0 Å². The molecule has 9 N–H and O–H groups in total. The number of aliphatic hydroxyl groups excluding tert-OH is 1. The van der Waals surface area contributed by atoms with Gasteiger partial charge in [0.05, 0.1) is 18.6 Å². The summed E-state index contributed by atoms with van der Waals surface area (Å²) in [5.41, 5.74) is 11.7. The van der Waals surface area contributed by atoms with E-state index in [1.807, 2.05) is 6.92 Å². The smallest absolute Gasteiger partial charge is 0.326 e. The Kier molecular flexibility index (Phi) is 11.8. The van der Waals surface area contributed by atoms with E-state index in [4.69, 9.17) is 11.5 Å². The molecule has 0 aliphatic rings. The molecule has 12 nitrogen and oxygen atoms in total. The Morgan fingerprint density at radius 1 is 0.914 bits per heavy atom. The largest absolute Gasteiger partial charge is 0.480 e. The summed E-state index contributed by atoms with van der Waals surface area (Å²) < 4.78 is 0. The number of primary amides is 1. The van der Waals surface area contributed by atoms with Crippen molar-refractivity contribution in [3.05, 3.63) is 35.9 Å². The predicted octanol–water partition coefficient (Wildman–Crippen LogP) is -1.60. The Hall–Kier alpha value is -3.51. The summed E-state index contributed by atoms with van der Waals surface area (Å²) in [5.74, 6) is -5.03. The van der Waals surface area contributed by atoms with Crippen molar-refractivity contribution in [1.82, 2.24) is 16.0 Å². The quantitative estimate of drug-likeness (QED) is 0.160. The first kappa shape index (κ1) is 29.5. The third kappa shape index (κ3) is 9.71. The number of nitrogens with one attached hydrogen (secondary N) is 3. The maximum Gasteiger partial charge on any atom is 0.326 e. The number of carbonyl (C=O) groups excluding carboxylic acids is 4. The van der Waals surface area contributed by atoms with Gasteiger partial charge in [0.25, 0.3) is 0 Å². The second kappa shape index (κ2) is 14.0. The fourth-order valence-electron chi connectivity index (χ4n) is 3.16. The molecular weight excluding hydrogens is 458 g/mol. The summed E-state index contributed by atoms with van der Waals surface area (Å²) >= 11 is 0. The van der Waals surface area contributed by atoms with Gasteiger partial charge in [-0.3, -0.25) is 19.2 Å². The molecule has 0 saturated heterocycles. The maximum absolute atomic E-state index is 12.8. The van der Waals surface area contributed by atoms with Gasteiger partial charge in [-0.1, -0.05) is 50.6 Å². The third-order valence-electron chi connectivity index (χ3n) is 5.56. The highest BCUT2D eigenvalue weighted by Gasteiger charge is 2.33. The molecule has 6 unspecified atom stereocenters. The van der Waals surface area contributed by atoms with Crippen LogP contribution in [0.5, 0.6) is 0 Å². The van der Waals surface area contributed by atoms with Crippen molar-refractivity contribution in [2.75, 3.05) is 0 Å². The highest BCUT2D eigenvalue weighted by atomic mass is 16.4. The van der Waals surface area contributed by atoms with Crippen LogP contribution in [0.15, 0.2) is 30.3 Å². The lowest BCUT2D eigenvalue weighted by atomic mass is 9.99. The molecule has 0 aromatic heterocycles. The fourth-order valence-corrected chi connectivity index (χ4v) is 3.16. The minimum absolute atomic E-state index is 0.0315. The molecule has 1 aromatic carbocycles. The summed E-state index contributed by atoms with van der Waals surface area (Å²) in [5, 5.41) is 26.5. The molecule has 0 aliphatic carbocycles. The Morgan fingerprint density at radius 3 is 1.97 bits per heavy atom. The normalized spacial score (nSPS) is 16.0. The maximum atomic E-state index is 12.8. The van der Waals surface area contributed by atoms with E-state index in [-0.39, 0.29) is 12.3 Å². The van der Waals surface area contributed by atoms with Crippen molar-refractivity contribution in [3.63, 3.8) is 0 Å². The van der Waals surface area contributed by atoms with Crippen molar-refractivity contribution in [1.29, 1.82) is 0 Å². The van der Waals surface area contributed by atoms with Gasteiger partial charge in [-0.05, 0) is 18.4 Å². The lowest BCUT2D eigenvalue weighted by molar-refractivity contribution is -0.143. The molecule has 0 fully saturated rings. The van der Waals surface area contributed by atoms with Crippen molar-refractivity contribution < 1.29 is 34.2 Å². The summed E-state index contributed by atoms with van der Waals surface area (Å²) in [7, 11) is 0. The van der Waals surface area contributed by atoms with Crippen molar-refractivity contribution >= 4 is 29.6 Å². The molecule has 35 heavy (non-hydrogen) atoms. The van der Waals surface area contributed by atoms with Crippen LogP contribution in [0.25, 0.3) is 0 Å². The highest BCUT2D eigenvalue weighted by Crippen LogP contribution is 2.07. The summed E-state index contributed by atoms with van der Waals surface area (Å²) in [4.78, 5) is 61.2. The molecular formula is C23H35N5O7. The first-order valence-corrected chi connectivity index (χ1v) is 11.3.